The van der Waals surface area contributed by atoms with Crippen molar-refractivity contribution >= 4 is 34.4 Å². The molecule has 0 unspecified atom stereocenters. The summed E-state index contributed by atoms with van der Waals surface area (Å²) in [6.45, 7) is 4.05. The van der Waals surface area contributed by atoms with Gasteiger partial charge in [0.1, 0.15) is 0 Å². The second kappa shape index (κ2) is 6.16. The lowest BCUT2D eigenvalue weighted by molar-refractivity contribution is 1.24. The molecule has 0 saturated carbocycles. The molecule has 0 atom stereocenters. The molecule has 0 bridgehead atoms. The Morgan fingerprint density at radius 1 is 1.05 bits per heavy atom. The number of aromatic nitrogens is 1. The summed E-state index contributed by atoms with van der Waals surface area (Å²) in [5.41, 5.74) is 8.18. The van der Waals surface area contributed by atoms with Gasteiger partial charge < -0.3 is 0 Å². The molecule has 1 N–H and O–H groups in total. The second-order valence-electron chi connectivity index (χ2n) is 5.25. The van der Waals surface area contributed by atoms with E-state index < -0.39 is 0 Å². The summed E-state index contributed by atoms with van der Waals surface area (Å²) in [4.78, 5) is 4.55. The van der Waals surface area contributed by atoms with Crippen molar-refractivity contribution in [2.75, 3.05) is 5.43 Å². The van der Waals surface area contributed by atoms with E-state index in [0.717, 1.165) is 32.9 Å². The highest BCUT2D eigenvalue weighted by Crippen LogP contribution is 2.24. The van der Waals surface area contributed by atoms with E-state index in [4.69, 9.17) is 11.6 Å². The summed E-state index contributed by atoms with van der Waals surface area (Å²) in [5.74, 6) is 0. The molecule has 0 spiro atoms. The van der Waals surface area contributed by atoms with E-state index in [2.05, 4.69) is 34.6 Å². The highest BCUT2D eigenvalue weighted by atomic mass is 35.5. The normalized spacial score (nSPS) is 11.2. The summed E-state index contributed by atoms with van der Waals surface area (Å²) >= 11 is 5.87. The van der Waals surface area contributed by atoms with Crippen molar-refractivity contribution in [1.82, 2.24) is 4.98 Å². The van der Waals surface area contributed by atoms with Gasteiger partial charge in [-0.1, -0.05) is 35.4 Å². The Labute approximate surface area is 134 Å². The predicted octanol–water partition coefficient (Wildman–Crippen LogP) is 4.95. The first-order chi connectivity index (χ1) is 10.6. The van der Waals surface area contributed by atoms with Crippen molar-refractivity contribution in [1.29, 1.82) is 0 Å². The maximum absolute atomic E-state index is 5.87. The third kappa shape index (κ3) is 3.26. The van der Waals surface area contributed by atoms with Gasteiger partial charge in [0, 0.05) is 16.1 Å². The van der Waals surface area contributed by atoms with Crippen LogP contribution in [0.15, 0.2) is 53.6 Å². The zero-order valence-electron chi connectivity index (χ0n) is 12.5. The van der Waals surface area contributed by atoms with Crippen LogP contribution in [0.2, 0.25) is 5.02 Å². The molecular weight excluding hydrogens is 294 g/mol. The number of anilines is 1. The Morgan fingerprint density at radius 3 is 2.59 bits per heavy atom. The third-order valence-corrected chi connectivity index (χ3v) is 3.61. The van der Waals surface area contributed by atoms with Crippen LogP contribution in [0.4, 0.5) is 5.69 Å². The second-order valence-corrected chi connectivity index (χ2v) is 5.69. The fourth-order valence-corrected chi connectivity index (χ4v) is 2.42. The topological polar surface area (TPSA) is 37.3 Å². The SMILES string of the molecule is Cc1ccc2nc(C)cc(NN=Cc3ccc(Cl)cc3)c2c1. The number of pyridine rings is 1. The van der Waals surface area contributed by atoms with Crippen molar-refractivity contribution in [3.8, 4) is 0 Å². The van der Waals surface area contributed by atoms with E-state index in [0.29, 0.717) is 0 Å². The van der Waals surface area contributed by atoms with Gasteiger partial charge in [-0.3, -0.25) is 10.4 Å². The fraction of sp³-hybridized carbons (Fsp3) is 0.111. The van der Waals surface area contributed by atoms with Crippen molar-refractivity contribution in [2.24, 2.45) is 5.10 Å². The quantitative estimate of drug-likeness (QED) is 0.549. The van der Waals surface area contributed by atoms with Crippen LogP contribution in [0.3, 0.4) is 0 Å². The molecule has 0 radical (unpaired) electrons. The van der Waals surface area contributed by atoms with Gasteiger partial charge in [-0.05, 0) is 49.7 Å². The van der Waals surface area contributed by atoms with E-state index in [1.165, 1.54) is 5.56 Å². The van der Waals surface area contributed by atoms with Crippen LogP contribution in [-0.2, 0) is 0 Å². The van der Waals surface area contributed by atoms with Gasteiger partial charge >= 0.3 is 0 Å². The molecule has 0 fully saturated rings. The average molecular weight is 310 g/mol. The standard InChI is InChI=1S/C18H16ClN3/c1-12-3-8-17-16(9-12)18(10-13(2)21-17)22-20-11-14-4-6-15(19)7-5-14/h3-11H,1-2H3,(H,21,22). The van der Waals surface area contributed by atoms with E-state index in [1.54, 1.807) is 6.21 Å². The largest absolute Gasteiger partial charge is 0.278 e. The Bertz CT molecular complexity index is 839. The fourth-order valence-electron chi connectivity index (χ4n) is 2.29. The maximum atomic E-state index is 5.87. The number of benzene rings is 2. The Hall–Kier alpha value is -2.39. The van der Waals surface area contributed by atoms with E-state index >= 15 is 0 Å². The molecule has 22 heavy (non-hydrogen) atoms. The number of fused-ring (bicyclic) bond motifs is 1. The minimum Gasteiger partial charge on any atom is -0.278 e. The molecule has 0 aliphatic heterocycles. The minimum atomic E-state index is 0.719. The van der Waals surface area contributed by atoms with Crippen molar-refractivity contribution in [3.05, 3.63) is 70.4 Å². The monoisotopic (exact) mass is 309 g/mol. The zero-order chi connectivity index (χ0) is 15.5. The maximum Gasteiger partial charge on any atom is 0.0726 e. The smallest absolute Gasteiger partial charge is 0.0726 e. The van der Waals surface area contributed by atoms with Crippen LogP contribution in [0.5, 0.6) is 0 Å². The Morgan fingerprint density at radius 2 is 1.82 bits per heavy atom. The summed E-state index contributed by atoms with van der Waals surface area (Å²) in [7, 11) is 0. The molecule has 3 nitrogen and oxygen atoms in total. The van der Waals surface area contributed by atoms with Crippen molar-refractivity contribution in [3.63, 3.8) is 0 Å². The average Bonchev–Trinajstić information content (AvgIpc) is 2.50. The number of aryl methyl sites for hydroxylation is 2. The summed E-state index contributed by atoms with van der Waals surface area (Å²) in [6.07, 6.45) is 1.77. The predicted molar refractivity (Wildman–Crippen MR) is 93.9 cm³/mol. The molecule has 1 heterocycles. The first kappa shape index (κ1) is 14.5. The number of halogens is 1. The van der Waals surface area contributed by atoms with Crippen LogP contribution < -0.4 is 5.43 Å². The van der Waals surface area contributed by atoms with Gasteiger partial charge in [-0.15, -0.1) is 0 Å². The lowest BCUT2D eigenvalue weighted by atomic mass is 10.1. The molecule has 3 aromatic rings. The van der Waals surface area contributed by atoms with E-state index in [-0.39, 0.29) is 0 Å². The lowest BCUT2D eigenvalue weighted by Gasteiger charge is -2.08. The van der Waals surface area contributed by atoms with Gasteiger partial charge in [-0.2, -0.15) is 5.10 Å². The molecule has 110 valence electrons. The van der Waals surface area contributed by atoms with Gasteiger partial charge in [0.25, 0.3) is 0 Å². The number of nitrogens with one attached hydrogen (secondary N) is 1. The number of hydrogen-bond acceptors (Lipinski definition) is 3. The first-order valence-corrected chi connectivity index (χ1v) is 7.42. The lowest BCUT2D eigenvalue weighted by Crippen LogP contribution is -1.95. The summed E-state index contributed by atoms with van der Waals surface area (Å²) < 4.78 is 0. The molecule has 0 amide bonds. The molecule has 1 aromatic heterocycles. The van der Waals surface area contributed by atoms with Crippen LogP contribution in [0.1, 0.15) is 16.8 Å². The molecule has 0 aliphatic rings. The third-order valence-electron chi connectivity index (χ3n) is 3.36. The zero-order valence-corrected chi connectivity index (χ0v) is 13.2. The van der Waals surface area contributed by atoms with Crippen molar-refractivity contribution < 1.29 is 0 Å². The van der Waals surface area contributed by atoms with Crippen LogP contribution >= 0.6 is 11.6 Å². The van der Waals surface area contributed by atoms with Crippen LogP contribution in [0.25, 0.3) is 10.9 Å². The number of hydrogen-bond donors (Lipinski definition) is 1. The molecule has 3 rings (SSSR count). The summed E-state index contributed by atoms with van der Waals surface area (Å²) in [5, 5.41) is 6.10. The minimum absolute atomic E-state index is 0.719. The number of rotatable bonds is 3. The first-order valence-electron chi connectivity index (χ1n) is 7.04. The Balaban J connectivity index is 1.90. The molecule has 2 aromatic carbocycles. The van der Waals surface area contributed by atoms with E-state index in [9.17, 15) is 0 Å². The summed E-state index contributed by atoms with van der Waals surface area (Å²) in [6, 6.07) is 15.8. The number of nitrogens with zero attached hydrogens (tertiary/aromatic N) is 2. The van der Waals surface area contributed by atoms with Crippen LogP contribution in [-0.4, -0.2) is 11.2 Å². The van der Waals surface area contributed by atoms with Gasteiger partial charge in [-0.25, -0.2) is 0 Å². The highest BCUT2D eigenvalue weighted by molar-refractivity contribution is 6.30. The number of hydrazone groups is 1. The van der Waals surface area contributed by atoms with Crippen LogP contribution in [0, 0.1) is 13.8 Å². The van der Waals surface area contributed by atoms with Gasteiger partial charge in [0.2, 0.25) is 0 Å². The highest BCUT2D eigenvalue weighted by Gasteiger charge is 2.03. The van der Waals surface area contributed by atoms with Gasteiger partial charge in [0.05, 0.1) is 17.4 Å². The van der Waals surface area contributed by atoms with Gasteiger partial charge in [0.15, 0.2) is 0 Å². The molecule has 4 heteroatoms. The Kier molecular flexibility index (Phi) is 4.07. The molecular formula is C18H16ClN3. The molecule has 0 aliphatic carbocycles. The van der Waals surface area contributed by atoms with E-state index in [1.807, 2.05) is 43.3 Å². The molecule has 0 saturated heterocycles. The van der Waals surface area contributed by atoms with Crippen molar-refractivity contribution in [2.45, 2.75) is 13.8 Å².